The number of hydrogen-bond acceptors (Lipinski definition) is 4. The molecule has 0 rings (SSSR count). The Morgan fingerprint density at radius 1 is 0.923 bits per heavy atom. The predicted molar refractivity (Wildman–Crippen MR) is 66.0 cm³/mol. The fourth-order valence-electron chi connectivity index (χ4n) is 1.35. The van der Waals surface area contributed by atoms with Gasteiger partial charge in [0.15, 0.2) is 0 Å². The second-order valence-corrected chi connectivity index (χ2v) is 8.19. The molecule has 0 saturated carbocycles. The summed E-state index contributed by atoms with van der Waals surface area (Å²) in [6.45, 7) is 8.38. The van der Waals surface area contributed by atoms with Crippen molar-refractivity contribution in [3.8, 4) is 0 Å². The summed E-state index contributed by atoms with van der Waals surface area (Å²) in [5.41, 5.74) is 0.747. The zero-order valence-electron chi connectivity index (χ0n) is 8.37. The molecule has 0 fully saturated rings. The van der Waals surface area contributed by atoms with E-state index < -0.39 is 8.40 Å². The summed E-state index contributed by atoms with van der Waals surface area (Å²) in [5, 5.41) is 4.89. The zero-order valence-corrected chi connectivity index (χ0v) is 11.0. The van der Waals surface area contributed by atoms with Crippen LogP contribution in [-0.4, -0.2) is 18.7 Å². The van der Waals surface area contributed by atoms with Gasteiger partial charge in [0.2, 0.25) is 0 Å². The van der Waals surface area contributed by atoms with Crippen LogP contribution in [0.5, 0.6) is 0 Å². The molecule has 0 aromatic heterocycles. The van der Waals surface area contributed by atoms with Gasteiger partial charge in [-0.05, 0) is 35.5 Å². The molecule has 5 heteroatoms. The molecule has 0 aliphatic rings. The molecule has 0 aliphatic heterocycles. The summed E-state index contributed by atoms with van der Waals surface area (Å²) < 4.78 is 8.50. The third kappa shape index (κ3) is 2.90. The molecule has 0 radical (unpaired) electrons. The Morgan fingerprint density at radius 3 is 1.38 bits per heavy atom. The minimum atomic E-state index is -2.13. The van der Waals surface area contributed by atoms with Gasteiger partial charge in [-0.2, -0.15) is 0 Å². The second kappa shape index (κ2) is 5.53. The van der Waals surface area contributed by atoms with E-state index in [9.17, 15) is 0 Å². The molecule has 0 aromatic carbocycles. The summed E-state index contributed by atoms with van der Waals surface area (Å²) in [6, 6.07) is 0. The van der Waals surface area contributed by atoms with Gasteiger partial charge in [-0.1, -0.05) is 27.7 Å². The van der Waals surface area contributed by atoms with E-state index in [4.69, 9.17) is 0 Å². The van der Waals surface area contributed by atoms with Crippen LogP contribution in [0.25, 0.3) is 0 Å². The highest BCUT2D eigenvalue weighted by Crippen LogP contribution is 2.33. The molecule has 0 aromatic rings. The highest BCUT2D eigenvalue weighted by atomic mass is 32.1. The van der Waals surface area contributed by atoms with Crippen LogP contribution in [0.1, 0.15) is 27.7 Å². The van der Waals surface area contributed by atoms with Crippen LogP contribution in [0, 0.1) is 0 Å². The van der Waals surface area contributed by atoms with Gasteiger partial charge < -0.3 is 0 Å². The van der Waals surface area contributed by atoms with Crippen LogP contribution in [0.15, 0.2) is 9.32 Å². The Balaban J connectivity index is 5.28. The van der Waals surface area contributed by atoms with Gasteiger partial charge in [-0.3, -0.25) is 0 Å². The van der Waals surface area contributed by atoms with Crippen LogP contribution in [0.4, 0.5) is 0 Å². The highest BCUT2D eigenvalue weighted by molar-refractivity contribution is 7.78. The maximum Gasteiger partial charge on any atom is 0.330 e. The van der Waals surface area contributed by atoms with E-state index in [2.05, 4.69) is 71.8 Å². The van der Waals surface area contributed by atoms with Crippen molar-refractivity contribution in [3.63, 3.8) is 0 Å². The van der Waals surface area contributed by atoms with Gasteiger partial charge >= 0.3 is 8.40 Å². The largest absolute Gasteiger partial charge is 0.330 e. The Morgan fingerprint density at radius 2 is 1.23 bits per heavy atom. The standard InChI is InChI=1S/C8H14N2S2Si/c1-7(2)13(8(3)4,9-5-11)10-6-12/h7-8H,1-4H3. The lowest BCUT2D eigenvalue weighted by molar-refractivity contribution is 0.883. The van der Waals surface area contributed by atoms with Crippen molar-refractivity contribution in [2.24, 2.45) is 9.32 Å². The molecule has 0 amide bonds. The number of nitrogens with zero attached hydrogens (tertiary/aromatic N) is 2. The first-order valence-electron chi connectivity index (χ1n) is 4.19. The van der Waals surface area contributed by atoms with Crippen molar-refractivity contribution in [2.45, 2.75) is 38.8 Å². The van der Waals surface area contributed by atoms with Crippen molar-refractivity contribution in [2.75, 3.05) is 0 Å². The molecule has 13 heavy (non-hydrogen) atoms. The van der Waals surface area contributed by atoms with Crippen molar-refractivity contribution < 1.29 is 0 Å². The van der Waals surface area contributed by atoms with Gasteiger partial charge in [0, 0.05) is 0 Å². The summed E-state index contributed by atoms with van der Waals surface area (Å²) >= 11 is 9.30. The lowest BCUT2D eigenvalue weighted by atomic mass is 10.5. The molecule has 0 spiro atoms. The molecular weight excluding hydrogens is 216 g/mol. The monoisotopic (exact) mass is 230 g/mol. The van der Waals surface area contributed by atoms with Crippen LogP contribution in [-0.2, 0) is 0 Å². The molecule has 0 saturated heterocycles. The summed E-state index contributed by atoms with van der Waals surface area (Å²) in [5.74, 6) is 0. The average Bonchev–Trinajstić information content (AvgIpc) is 2.03. The molecule has 0 aliphatic carbocycles. The van der Waals surface area contributed by atoms with Gasteiger partial charge in [0.1, 0.15) is 0 Å². The Hall–Kier alpha value is -0.183. The van der Waals surface area contributed by atoms with Gasteiger partial charge in [-0.15, -0.1) is 0 Å². The zero-order chi connectivity index (χ0) is 10.5. The molecule has 0 unspecified atom stereocenters. The lowest BCUT2D eigenvalue weighted by Gasteiger charge is -2.27. The van der Waals surface area contributed by atoms with Crippen molar-refractivity contribution in [1.29, 1.82) is 0 Å². The predicted octanol–water partition coefficient (Wildman–Crippen LogP) is 3.45. The van der Waals surface area contributed by atoms with Crippen molar-refractivity contribution >= 4 is 43.2 Å². The van der Waals surface area contributed by atoms with E-state index in [-0.39, 0.29) is 0 Å². The van der Waals surface area contributed by atoms with E-state index in [1.807, 2.05) is 0 Å². The molecule has 0 heterocycles. The number of isothiocyanates is 2. The number of rotatable bonds is 4. The van der Waals surface area contributed by atoms with Crippen molar-refractivity contribution in [3.05, 3.63) is 0 Å². The summed E-state index contributed by atoms with van der Waals surface area (Å²) in [6.07, 6.45) is 0. The first kappa shape index (κ1) is 12.8. The first-order chi connectivity index (χ1) is 6.01. The molecule has 72 valence electrons. The maximum atomic E-state index is 4.65. The van der Waals surface area contributed by atoms with Crippen LogP contribution in [0.2, 0.25) is 11.1 Å². The molecule has 0 N–H and O–H groups in total. The van der Waals surface area contributed by atoms with Gasteiger partial charge in [0.25, 0.3) is 0 Å². The van der Waals surface area contributed by atoms with Crippen LogP contribution >= 0.6 is 24.4 Å². The minimum Gasteiger partial charge on any atom is -0.244 e. The third-order valence-electron chi connectivity index (χ3n) is 2.15. The quantitative estimate of drug-likeness (QED) is 0.420. The molecular formula is C8H14N2S2Si. The first-order valence-corrected chi connectivity index (χ1v) is 7.06. The molecule has 0 atom stereocenters. The van der Waals surface area contributed by atoms with E-state index >= 15 is 0 Å². The van der Waals surface area contributed by atoms with Gasteiger partial charge in [0.05, 0.1) is 10.3 Å². The fourth-order valence-corrected chi connectivity index (χ4v) is 4.94. The number of thiocarbonyl (C=S) groups is 2. The number of hydrogen-bond donors (Lipinski definition) is 0. The van der Waals surface area contributed by atoms with E-state index in [0.717, 1.165) is 0 Å². The van der Waals surface area contributed by atoms with E-state index in [1.54, 1.807) is 0 Å². The Bertz CT molecular complexity index is 235. The lowest BCUT2D eigenvalue weighted by Crippen LogP contribution is -2.37. The average molecular weight is 230 g/mol. The Kier molecular flexibility index (Phi) is 5.45. The minimum absolute atomic E-state index is 0.374. The SMILES string of the molecule is CC(C)[Si](N=C=S)(N=C=S)C(C)C. The summed E-state index contributed by atoms with van der Waals surface area (Å²) in [4.78, 5) is 0. The maximum absolute atomic E-state index is 4.65. The van der Waals surface area contributed by atoms with E-state index in [0.29, 0.717) is 11.1 Å². The van der Waals surface area contributed by atoms with Crippen LogP contribution < -0.4 is 0 Å². The molecule has 0 bridgehead atoms. The topological polar surface area (TPSA) is 24.7 Å². The second-order valence-electron chi connectivity index (χ2n) is 3.50. The Labute approximate surface area is 91.3 Å². The van der Waals surface area contributed by atoms with Crippen molar-refractivity contribution in [1.82, 2.24) is 0 Å². The highest BCUT2D eigenvalue weighted by Gasteiger charge is 2.41. The summed E-state index contributed by atoms with van der Waals surface area (Å²) in [7, 11) is -2.13. The fraction of sp³-hybridized carbons (Fsp3) is 0.750. The van der Waals surface area contributed by atoms with Crippen LogP contribution in [0.3, 0.4) is 0 Å². The normalized spacial score (nSPS) is 10.9. The third-order valence-corrected chi connectivity index (χ3v) is 6.99. The van der Waals surface area contributed by atoms with Gasteiger partial charge in [-0.25, -0.2) is 9.32 Å². The van der Waals surface area contributed by atoms with E-state index in [1.165, 1.54) is 0 Å². The smallest absolute Gasteiger partial charge is 0.244 e. The molecule has 2 nitrogen and oxygen atoms in total.